The Morgan fingerprint density at radius 2 is 1.45 bits per heavy atom. The molecule has 3 atom stereocenters. The van der Waals surface area contributed by atoms with E-state index in [1.807, 2.05) is 48.8 Å². The maximum Gasteiger partial charge on any atom is 0.225 e. The van der Waals surface area contributed by atoms with Gasteiger partial charge >= 0.3 is 0 Å². The van der Waals surface area contributed by atoms with E-state index in [1.54, 1.807) is 12.1 Å². The molecule has 7 heteroatoms. The van der Waals surface area contributed by atoms with E-state index in [0.29, 0.717) is 16.7 Å². The molecule has 2 unspecified atom stereocenters. The van der Waals surface area contributed by atoms with Crippen molar-refractivity contribution in [1.29, 1.82) is 0 Å². The van der Waals surface area contributed by atoms with Crippen molar-refractivity contribution in [3.8, 4) is 16.9 Å². The fraction of sp³-hybridized carbons (Fsp3) is 0.385. The normalized spacial score (nSPS) is 22.4. The number of sulfone groups is 1. The molecular formula is C26H29N3O3S. The van der Waals surface area contributed by atoms with E-state index < -0.39 is 9.84 Å². The molecular weight excluding hydrogens is 434 g/mol. The number of rotatable bonds is 6. The first-order valence-corrected chi connectivity index (χ1v) is 13.4. The minimum absolute atomic E-state index is 0.241. The summed E-state index contributed by atoms with van der Waals surface area (Å²) < 4.78 is 29.6. The first kappa shape index (κ1) is 21.9. The first-order valence-electron chi connectivity index (χ1n) is 11.5. The summed E-state index contributed by atoms with van der Waals surface area (Å²) in [7, 11) is -3.18. The molecule has 6 nitrogen and oxygen atoms in total. The standard InChI is InChI=1S/C26H29N3O3S/c1-3-18-14-27-26(28-15-18)29-16-21-12-24(13-22(21)17-29)32-23-8-4-19(5-9-23)20-6-10-25(11-7-20)33(2,30)31/h4-11,14-15,21-22,24H,3,12-13,16-17H2,1-2H3/t21-,22?,24?/m0/s1. The minimum atomic E-state index is -3.18. The van der Waals surface area contributed by atoms with Gasteiger partial charge in [-0.25, -0.2) is 18.4 Å². The molecule has 2 aliphatic rings. The van der Waals surface area contributed by atoms with E-state index in [4.69, 9.17) is 4.74 Å². The third kappa shape index (κ3) is 4.74. The Hall–Kier alpha value is -2.93. The van der Waals surface area contributed by atoms with Crippen molar-refractivity contribution in [1.82, 2.24) is 9.97 Å². The predicted octanol–water partition coefficient (Wildman–Crippen LogP) is 4.40. The first-order chi connectivity index (χ1) is 15.9. The Bertz CT molecular complexity index is 1200. The van der Waals surface area contributed by atoms with E-state index >= 15 is 0 Å². The smallest absolute Gasteiger partial charge is 0.225 e. The maximum atomic E-state index is 11.7. The van der Waals surface area contributed by atoms with Crippen LogP contribution in [0.5, 0.6) is 5.75 Å². The Morgan fingerprint density at radius 1 is 0.909 bits per heavy atom. The van der Waals surface area contributed by atoms with Crippen molar-refractivity contribution in [2.24, 2.45) is 11.8 Å². The van der Waals surface area contributed by atoms with E-state index in [0.717, 1.165) is 55.2 Å². The van der Waals surface area contributed by atoms with Crippen LogP contribution in [-0.2, 0) is 16.3 Å². The summed E-state index contributed by atoms with van der Waals surface area (Å²) in [5.41, 5.74) is 3.19. The fourth-order valence-electron chi connectivity index (χ4n) is 5.01. The number of aryl methyl sites for hydroxylation is 1. The third-order valence-corrected chi connectivity index (χ3v) is 7.99. The van der Waals surface area contributed by atoms with Gasteiger partial charge in [0.1, 0.15) is 5.75 Å². The lowest BCUT2D eigenvalue weighted by molar-refractivity contribution is 0.200. The van der Waals surface area contributed by atoms with E-state index in [1.165, 1.54) is 11.8 Å². The lowest BCUT2D eigenvalue weighted by atomic mass is 10.0. The number of hydrogen-bond acceptors (Lipinski definition) is 6. The van der Waals surface area contributed by atoms with Gasteiger partial charge in [0.25, 0.3) is 0 Å². The van der Waals surface area contributed by atoms with E-state index in [9.17, 15) is 8.42 Å². The summed E-state index contributed by atoms with van der Waals surface area (Å²) in [6, 6.07) is 15.1. The maximum absolute atomic E-state index is 11.7. The zero-order valence-electron chi connectivity index (χ0n) is 19.0. The van der Waals surface area contributed by atoms with Gasteiger partial charge in [0, 0.05) is 31.7 Å². The molecule has 0 N–H and O–H groups in total. The van der Waals surface area contributed by atoms with Gasteiger partial charge in [-0.15, -0.1) is 0 Å². The van der Waals surface area contributed by atoms with E-state index in [2.05, 4.69) is 21.8 Å². The van der Waals surface area contributed by atoms with Crippen LogP contribution in [0.1, 0.15) is 25.3 Å². The van der Waals surface area contributed by atoms with Crippen molar-refractivity contribution in [3.05, 3.63) is 66.5 Å². The third-order valence-electron chi connectivity index (χ3n) is 6.86. The minimum Gasteiger partial charge on any atom is -0.490 e. The molecule has 1 aliphatic heterocycles. The quantitative estimate of drug-likeness (QED) is 0.539. The Kier molecular flexibility index (Phi) is 5.83. The van der Waals surface area contributed by atoms with Gasteiger partial charge in [-0.05, 0) is 72.1 Å². The number of ether oxygens (including phenoxy) is 1. The Balaban J connectivity index is 1.17. The molecule has 33 heavy (non-hydrogen) atoms. The van der Waals surface area contributed by atoms with Crippen molar-refractivity contribution < 1.29 is 13.2 Å². The van der Waals surface area contributed by atoms with E-state index in [-0.39, 0.29) is 6.10 Å². The average Bonchev–Trinajstić information content (AvgIpc) is 3.38. The predicted molar refractivity (Wildman–Crippen MR) is 129 cm³/mol. The second kappa shape index (κ2) is 8.78. The van der Waals surface area contributed by atoms with Crippen LogP contribution >= 0.6 is 0 Å². The highest BCUT2D eigenvalue weighted by Gasteiger charge is 2.42. The van der Waals surface area contributed by atoms with Gasteiger partial charge in [-0.1, -0.05) is 31.2 Å². The molecule has 172 valence electrons. The topological polar surface area (TPSA) is 72.4 Å². The van der Waals surface area contributed by atoms with Gasteiger partial charge in [0.2, 0.25) is 5.95 Å². The summed E-state index contributed by atoms with van der Waals surface area (Å²) in [5.74, 6) is 2.97. The molecule has 1 aromatic heterocycles. The zero-order chi connectivity index (χ0) is 23.0. The van der Waals surface area contributed by atoms with Gasteiger partial charge in [-0.3, -0.25) is 0 Å². The average molecular weight is 464 g/mol. The van der Waals surface area contributed by atoms with Gasteiger partial charge in [0.05, 0.1) is 11.0 Å². The Morgan fingerprint density at radius 3 is 1.97 bits per heavy atom. The molecule has 1 aliphatic carbocycles. The summed E-state index contributed by atoms with van der Waals surface area (Å²) in [5, 5.41) is 0. The molecule has 1 saturated carbocycles. The molecule has 0 amide bonds. The molecule has 0 bridgehead atoms. The molecule has 1 saturated heterocycles. The highest BCUT2D eigenvalue weighted by Crippen LogP contribution is 2.40. The summed E-state index contributed by atoms with van der Waals surface area (Å²) in [6.45, 7) is 4.11. The number of fused-ring (bicyclic) bond motifs is 1. The molecule has 3 aromatic rings. The van der Waals surface area contributed by atoms with Crippen molar-refractivity contribution in [3.63, 3.8) is 0 Å². The number of nitrogens with zero attached hydrogens (tertiary/aromatic N) is 3. The summed E-state index contributed by atoms with van der Waals surface area (Å²) >= 11 is 0. The summed E-state index contributed by atoms with van der Waals surface area (Å²) in [4.78, 5) is 11.7. The van der Waals surface area contributed by atoms with Crippen LogP contribution in [0.4, 0.5) is 5.95 Å². The second-order valence-corrected chi connectivity index (χ2v) is 11.2. The second-order valence-electron chi connectivity index (χ2n) is 9.20. The van der Waals surface area contributed by atoms with Crippen molar-refractivity contribution >= 4 is 15.8 Å². The number of benzene rings is 2. The highest BCUT2D eigenvalue weighted by atomic mass is 32.2. The largest absolute Gasteiger partial charge is 0.490 e. The van der Waals surface area contributed by atoms with Crippen LogP contribution in [0.15, 0.2) is 65.8 Å². The fourth-order valence-corrected chi connectivity index (χ4v) is 5.64. The molecule has 2 heterocycles. The number of hydrogen-bond donors (Lipinski definition) is 0. The molecule has 2 aromatic carbocycles. The molecule has 0 spiro atoms. The summed E-state index contributed by atoms with van der Waals surface area (Å²) in [6.07, 6.45) is 8.41. The highest BCUT2D eigenvalue weighted by molar-refractivity contribution is 7.90. The molecule has 0 radical (unpaired) electrons. The van der Waals surface area contributed by atoms with Crippen LogP contribution in [0.2, 0.25) is 0 Å². The van der Waals surface area contributed by atoms with Crippen LogP contribution in [0.25, 0.3) is 11.1 Å². The number of aromatic nitrogens is 2. The van der Waals surface area contributed by atoms with Crippen LogP contribution in [0.3, 0.4) is 0 Å². The van der Waals surface area contributed by atoms with Crippen LogP contribution < -0.4 is 9.64 Å². The van der Waals surface area contributed by atoms with Crippen molar-refractivity contribution in [2.75, 3.05) is 24.2 Å². The van der Waals surface area contributed by atoms with Crippen LogP contribution in [-0.4, -0.2) is 43.8 Å². The molecule has 5 rings (SSSR count). The van der Waals surface area contributed by atoms with Crippen LogP contribution in [0, 0.1) is 11.8 Å². The lowest BCUT2D eigenvalue weighted by Gasteiger charge is -2.20. The SMILES string of the molecule is CCc1cnc(N2CC3CC(Oc4ccc(-c5ccc(S(C)(=O)=O)cc5)cc4)C[C@H]3C2)nc1. The zero-order valence-corrected chi connectivity index (χ0v) is 19.8. The van der Waals surface area contributed by atoms with Gasteiger partial charge < -0.3 is 9.64 Å². The monoisotopic (exact) mass is 463 g/mol. The number of anilines is 1. The molecule has 2 fully saturated rings. The lowest BCUT2D eigenvalue weighted by Crippen LogP contribution is -2.25. The Labute approximate surface area is 195 Å². The van der Waals surface area contributed by atoms with Gasteiger partial charge in [0.15, 0.2) is 9.84 Å². The van der Waals surface area contributed by atoms with Crippen molar-refractivity contribution in [2.45, 2.75) is 37.2 Å². The van der Waals surface area contributed by atoms with Gasteiger partial charge in [-0.2, -0.15) is 0 Å².